The molecule has 0 aliphatic carbocycles. The van der Waals surface area contributed by atoms with Crippen LogP contribution in [0.25, 0.3) is 21.9 Å². The Morgan fingerprint density at radius 2 is 1.92 bits per heavy atom. The van der Waals surface area contributed by atoms with Crippen LogP contribution in [0.5, 0.6) is 5.75 Å². The second-order valence-corrected chi connectivity index (χ2v) is 5.31. The second-order valence-electron chi connectivity index (χ2n) is 5.31. The zero-order valence-corrected chi connectivity index (χ0v) is 13.1. The van der Waals surface area contributed by atoms with Gasteiger partial charge in [-0.15, -0.1) is 0 Å². The highest BCUT2D eigenvalue weighted by molar-refractivity contribution is 6.06. The summed E-state index contributed by atoms with van der Waals surface area (Å²) in [5.41, 5.74) is 2.00. The van der Waals surface area contributed by atoms with Crippen LogP contribution in [-0.4, -0.2) is 18.2 Å². The van der Waals surface area contributed by atoms with Gasteiger partial charge in [-0.2, -0.15) is 0 Å². The average Bonchev–Trinajstić information content (AvgIpc) is 3.23. The number of nitro groups is 1. The summed E-state index contributed by atoms with van der Waals surface area (Å²) >= 11 is 0. The Labute approximate surface area is 141 Å². The normalized spacial score (nSPS) is 11.6. The van der Waals surface area contributed by atoms with Gasteiger partial charge in [-0.3, -0.25) is 10.1 Å². The molecule has 4 aromatic rings. The largest absolute Gasteiger partial charge is 0.494 e. The number of hydrogen-bond acceptors (Lipinski definition) is 6. The third-order valence-electron chi connectivity index (χ3n) is 3.80. The van der Waals surface area contributed by atoms with Gasteiger partial charge in [0.15, 0.2) is 5.76 Å². The lowest BCUT2D eigenvalue weighted by Crippen LogP contribution is -1.85. The molecule has 0 fully saturated rings. The summed E-state index contributed by atoms with van der Waals surface area (Å²) in [5, 5.41) is 12.6. The second kappa shape index (κ2) is 5.79. The zero-order valence-electron chi connectivity index (χ0n) is 13.1. The number of ether oxygens (including phenoxy) is 1. The molecule has 0 radical (unpaired) electrons. The number of hydrogen-bond donors (Lipinski definition) is 0. The first-order valence-electron chi connectivity index (χ1n) is 7.43. The van der Waals surface area contributed by atoms with Crippen LogP contribution < -0.4 is 4.74 Å². The molecule has 2 aromatic heterocycles. The number of aliphatic imine (C=N–C) groups is 1. The molecule has 0 aliphatic rings. The standard InChI is InChI=1S/C18H12N2O5/c1-23-17-8-13-12-4-2-3-5-15(12)25-16(13)9-14(17)19-10-11-6-7-18(24-11)20(21)22/h2-10H,1H3. The summed E-state index contributed by atoms with van der Waals surface area (Å²) in [4.78, 5) is 14.4. The fourth-order valence-electron chi connectivity index (χ4n) is 2.65. The van der Waals surface area contributed by atoms with Crippen LogP contribution in [-0.2, 0) is 0 Å². The van der Waals surface area contributed by atoms with E-state index in [1.54, 1.807) is 13.2 Å². The van der Waals surface area contributed by atoms with Gasteiger partial charge < -0.3 is 13.6 Å². The van der Waals surface area contributed by atoms with Crippen molar-refractivity contribution in [3.8, 4) is 5.75 Å². The predicted octanol–water partition coefficient (Wildman–Crippen LogP) is 4.85. The maximum absolute atomic E-state index is 10.7. The van der Waals surface area contributed by atoms with Crippen LogP contribution in [0, 0.1) is 10.1 Å². The quantitative estimate of drug-likeness (QED) is 0.302. The summed E-state index contributed by atoms with van der Waals surface area (Å²) in [6.07, 6.45) is 1.40. The van der Waals surface area contributed by atoms with Gasteiger partial charge in [0.05, 0.1) is 19.4 Å². The highest BCUT2D eigenvalue weighted by atomic mass is 16.6. The molecular weight excluding hydrogens is 324 g/mol. The highest BCUT2D eigenvalue weighted by Gasteiger charge is 2.13. The highest BCUT2D eigenvalue weighted by Crippen LogP contribution is 2.37. The van der Waals surface area contributed by atoms with Gasteiger partial charge in [-0.05, 0) is 18.2 Å². The molecule has 2 aromatic carbocycles. The monoisotopic (exact) mass is 336 g/mol. The molecule has 7 nitrogen and oxygen atoms in total. The van der Waals surface area contributed by atoms with Crippen molar-refractivity contribution in [3.05, 3.63) is 64.4 Å². The molecule has 0 saturated carbocycles. The third-order valence-corrected chi connectivity index (χ3v) is 3.80. The molecule has 7 heteroatoms. The Bertz CT molecular complexity index is 1120. The maximum Gasteiger partial charge on any atom is 0.433 e. The molecule has 0 saturated heterocycles. The number of rotatable bonds is 4. The van der Waals surface area contributed by atoms with Crippen molar-refractivity contribution in [2.24, 2.45) is 4.99 Å². The number of furan rings is 2. The first-order chi connectivity index (χ1) is 12.2. The minimum Gasteiger partial charge on any atom is -0.494 e. The van der Waals surface area contributed by atoms with Gasteiger partial charge in [0.1, 0.15) is 27.5 Å². The number of benzene rings is 2. The van der Waals surface area contributed by atoms with Crippen molar-refractivity contribution >= 4 is 39.7 Å². The van der Waals surface area contributed by atoms with Gasteiger partial charge in [-0.1, -0.05) is 18.2 Å². The van der Waals surface area contributed by atoms with E-state index in [0.717, 1.165) is 16.4 Å². The lowest BCUT2D eigenvalue weighted by molar-refractivity contribution is -0.402. The molecular formula is C18H12N2O5. The van der Waals surface area contributed by atoms with Crippen LogP contribution in [0.2, 0.25) is 0 Å². The van der Waals surface area contributed by atoms with E-state index in [2.05, 4.69) is 4.99 Å². The Balaban J connectivity index is 1.78. The molecule has 4 rings (SSSR count). The minimum absolute atomic E-state index is 0.276. The van der Waals surface area contributed by atoms with E-state index >= 15 is 0 Å². The van der Waals surface area contributed by atoms with Crippen molar-refractivity contribution in [1.82, 2.24) is 0 Å². The number of nitrogens with zero attached hydrogens (tertiary/aromatic N) is 2. The van der Waals surface area contributed by atoms with Gasteiger partial charge in [0, 0.05) is 16.8 Å². The lowest BCUT2D eigenvalue weighted by atomic mass is 10.1. The van der Waals surface area contributed by atoms with Crippen LogP contribution in [0.3, 0.4) is 0 Å². The van der Waals surface area contributed by atoms with E-state index < -0.39 is 4.92 Å². The lowest BCUT2D eigenvalue weighted by Gasteiger charge is -2.03. The number of methoxy groups -OCH3 is 1. The van der Waals surface area contributed by atoms with E-state index in [1.165, 1.54) is 18.3 Å². The molecule has 2 heterocycles. The topological polar surface area (TPSA) is 91.0 Å². The molecule has 0 amide bonds. The van der Waals surface area contributed by atoms with E-state index in [4.69, 9.17) is 13.6 Å². The summed E-state index contributed by atoms with van der Waals surface area (Å²) < 4.78 is 16.3. The van der Waals surface area contributed by atoms with Crippen LogP contribution in [0.4, 0.5) is 11.6 Å². The molecule has 25 heavy (non-hydrogen) atoms. The summed E-state index contributed by atoms with van der Waals surface area (Å²) in [6, 6.07) is 14.1. The van der Waals surface area contributed by atoms with E-state index in [9.17, 15) is 10.1 Å². The average molecular weight is 336 g/mol. The van der Waals surface area contributed by atoms with E-state index in [1.807, 2.05) is 30.3 Å². The summed E-state index contributed by atoms with van der Waals surface area (Å²) in [7, 11) is 1.56. The SMILES string of the molecule is COc1cc2c(cc1N=Cc1ccc([N+](=O)[O-])o1)oc1ccccc12. The van der Waals surface area contributed by atoms with Gasteiger partial charge in [0.2, 0.25) is 0 Å². The van der Waals surface area contributed by atoms with Gasteiger partial charge >= 0.3 is 5.88 Å². The molecule has 0 atom stereocenters. The summed E-state index contributed by atoms with van der Waals surface area (Å²) in [5.74, 6) is 0.510. The zero-order chi connectivity index (χ0) is 17.4. The Hall–Kier alpha value is -3.61. The van der Waals surface area contributed by atoms with Crippen LogP contribution in [0.1, 0.15) is 5.76 Å². The van der Waals surface area contributed by atoms with Gasteiger partial charge in [-0.25, -0.2) is 4.99 Å². The Kier molecular flexibility index (Phi) is 3.46. The van der Waals surface area contributed by atoms with E-state index in [-0.39, 0.29) is 11.6 Å². The molecule has 0 N–H and O–H groups in total. The fraction of sp³-hybridized carbons (Fsp3) is 0.0556. The molecule has 0 unspecified atom stereocenters. The van der Waals surface area contributed by atoms with Crippen molar-refractivity contribution in [1.29, 1.82) is 0 Å². The van der Waals surface area contributed by atoms with Crippen LogP contribution in [0.15, 0.2) is 62.4 Å². The van der Waals surface area contributed by atoms with Crippen molar-refractivity contribution in [3.63, 3.8) is 0 Å². The van der Waals surface area contributed by atoms with Crippen molar-refractivity contribution in [2.45, 2.75) is 0 Å². The molecule has 124 valence electrons. The smallest absolute Gasteiger partial charge is 0.433 e. The Morgan fingerprint density at radius 3 is 2.68 bits per heavy atom. The number of para-hydroxylation sites is 1. The predicted molar refractivity (Wildman–Crippen MR) is 92.9 cm³/mol. The summed E-state index contributed by atoms with van der Waals surface area (Å²) in [6.45, 7) is 0. The van der Waals surface area contributed by atoms with E-state index in [0.29, 0.717) is 17.0 Å². The number of fused-ring (bicyclic) bond motifs is 3. The van der Waals surface area contributed by atoms with Crippen LogP contribution >= 0.6 is 0 Å². The Morgan fingerprint density at radius 1 is 1.08 bits per heavy atom. The molecule has 0 spiro atoms. The third kappa shape index (κ3) is 2.61. The van der Waals surface area contributed by atoms with Gasteiger partial charge in [0.25, 0.3) is 0 Å². The maximum atomic E-state index is 10.7. The van der Waals surface area contributed by atoms with Crippen molar-refractivity contribution in [2.75, 3.05) is 7.11 Å². The fourth-order valence-corrected chi connectivity index (χ4v) is 2.65. The minimum atomic E-state index is -0.599. The van der Waals surface area contributed by atoms with Crippen molar-refractivity contribution < 1.29 is 18.5 Å². The molecule has 0 bridgehead atoms. The first-order valence-corrected chi connectivity index (χ1v) is 7.43. The molecule has 0 aliphatic heterocycles. The first kappa shape index (κ1) is 14.9.